The normalized spacial score (nSPS) is 37.0. The van der Waals surface area contributed by atoms with E-state index in [1.165, 1.54) is 0 Å². The molecule has 0 unspecified atom stereocenters. The highest BCUT2D eigenvalue weighted by molar-refractivity contribution is 4.96. The van der Waals surface area contributed by atoms with Crippen LogP contribution in [-0.2, 0) is 0 Å². The zero-order chi connectivity index (χ0) is 13.0. The Morgan fingerprint density at radius 2 is 1.06 bits per heavy atom. The Kier molecular flexibility index (Phi) is 4.89. The van der Waals surface area contributed by atoms with E-state index in [0.717, 1.165) is 57.2 Å². The molecule has 0 bridgehead atoms. The SMILES string of the molecule is C=C(NC1CCC(O)CC1)NC1CCC(O)CC1. The second-order valence-corrected chi connectivity index (χ2v) is 5.78. The maximum atomic E-state index is 9.46. The molecule has 0 aromatic rings. The molecule has 104 valence electrons. The van der Waals surface area contributed by atoms with Crippen LogP contribution in [0.3, 0.4) is 0 Å². The molecule has 0 spiro atoms. The quantitative estimate of drug-likeness (QED) is 0.609. The summed E-state index contributed by atoms with van der Waals surface area (Å²) in [6.07, 6.45) is 7.42. The summed E-state index contributed by atoms with van der Waals surface area (Å²) < 4.78 is 0. The number of hydrogen-bond acceptors (Lipinski definition) is 4. The number of nitrogens with one attached hydrogen (secondary N) is 2. The first kappa shape index (κ1) is 13.7. The Bertz CT molecular complexity index is 241. The maximum absolute atomic E-state index is 9.46. The fourth-order valence-electron chi connectivity index (χ4n) is 2.97. The molecular formula is C14H26N2O2. The lowest BCUT2D eigenvalue weighted by atomic mass is 9.92. The molecule has 0 amide bonds. The minimum absolute atomic E-state index is 0.107. The molecule has 2 aliphatic rings. The van der Waals surface area contributed by atoms with Gasteiger partial charge in [-0.2, -0.15) is 0 Å². The van der Waals surface area contributed by atoms with Gasteiger partial charge in [0.05, 0.1) is 18.0 Å². The van der Waals surface area contributed by atoms with Gasteiger partial charge in [0.1, 0.15) is 0 Å². The van der Waals surface area contributed by atoms with Crippen LogP contribution in [0.25, 0.3) is 0 Å². The van der Waals surface area contributed by atoms with Gasteiger partial charge in [-0.1, -0.05) is 6.58 Å². The minimum Gasteiger partial charge on any atom is -0.393 e. The molecule has 4 heteroatoms. The molecular weight excluding hydrogens is 228 g/mol. The highest BCUT2D eigenvalue weighted by Crippen LogP contribution is 2.20. The van der Waals surface area contributed by atoms with Crippen LogP contribution in [-0.4, -0.2) is 34.5 Å². The van der Waals surface area contributed by atoms with Crippen LogP contribution in [0.5, 0.6) is 0 Å². The van der Waals surface area contributed by atoms with Gasteiger partial charge in [0.15, 0.2) is 0 Å². The van der Waals surface area contributed by atoms with Crippen LogP contribution in [0.4, 0.5) is 0 Å². The summed E-state index contributed by atoms with van der Waals surface area (Å²) >= 11 is 0. The van der Waals surface area contributed by atoms with Gasteiger partial charge in [0, 0.05) is 12.1 Å². The smallest absolute Gasteiger partial charge is 0.0916 e. The Labute approximate surface area is 109 Å². The maximum Gasteiger partial charge on any atom is 0.0916 e. The van der Waals surface area contributed by atoms with E-state index >= 15 is 0 Å². The fourth-order valence-corrected chi connectivity index (χ4v) is 2.97. The molecule has 2 saturated carbocycles. The Hall–Kier alpha value is -0.740. The Morgan fingerprint density at radius 1 is 0.722 bits per heavy atom. The molecule has 18 heavy (non-hydrogen) atoms. The van der Waals surface area contributed by atoms with Crippen molar-refractivity contribution in [3.63, 3.8) is 0 Å². The van der Waals surface area contributed by atoms with Gasteiger partial charge in [-0.05, 0) is 51.4 Å². The number of aliphatic hydroxyl groups is 2. The van der Waals surface area contributed by atoms with Gasteiger partial charge in [-0.25, -0.2) is 0 Å². The van der Waals surface area contributed by atoms with Gasteiger partial charge < -0.3 is 20.8 Å². The van der Waals surface area contributed by atoms with Crippen molar-refractivity contribution in [2.45, 2.75) is 75.7 Å². The lowest BCUT2D eigenvalue weighted by Crippen LogP contribution is -2.42. The Morgan fingerprint density at radius 3 is 1.39 bits per heavy atom. The first-order valence-corrected chi connectivity index (χ1v) is 7.21. The lowest BCUT2D eigenvalue weighted by Gasteiger charge is -2.31. The molecule has 4 N–H and O–H groups in total. The molecule has 2 aliphatic carbocycles. The van der Waals surface area contributed by atoms with E-state index in [2.05, 4.69) is 17.2 Å². The van der Waals surface area contributed by atoms with Crippen LogP contribution >= 0.6 is 0 Å². The van der Waals surface area contributed by atoms with E-state index < -0.39 is 0 Å². The van der Waals surface area contributed by atoms with Gasteiger partial charge >= 0.3 is 0 Å². The molecule has 0 heterocycles. The van der Waals surface area contributed by atoms with Crippen molar-refractivity contribution in [3.05, 3.63) is 12.4 Å². The zero-order valence-electron chi connectivity index (χ0n) is 11.1. The third-order valence-corrected chi connectivity index (χ3v) is 4.15. The number of aliphatic hydroxyl groups excluding tert-OH is 2. The zero-order valence-corrected chi connectivity index (χ0v) is 11.1. The highest BCUT2D eigenvalue weighted by Gasteiger charge is 2.22. The first-order valence-electron chi connectivity index (χ1n) is 7.21. The predicted octanol–water partition coefficient (Wildman–Crippen LogP) is 1.24. The van der Waals surface area contributed by atoms with E-state index in [1.807, 2.05) is 0 Å². The average molecular weight is 254 g/mol. The van der Waals surface area contributed by atoms with Crippen molar-refractivity contribution in [2.24, 2.45) is 0 Å². The number of hydrogen-bond donors (Lipinski definition) is 4. The number of rotatable bonds is 4. The molecule has 2 rings (SSSR count). The van der Waals surface area contributed by atoms with E-state index in [0.29, 0.717) is 12.1 Å². The fraction of sp³-hybridized carbons (Fsp3) is 0.857. The summed E-state index contributed by atoms with van der Waals surface area (Å²) in [6, 6.07) is 0.894. The summed E-state index contributed by atoms with van der Waals surface area (Å²) in [6.45, 7) is 4.03. The first-order chi connectivity index (χ1) is 8.63. The standard InChI is InChI=1S/C14H26N2O2/c1-10(15-11-2-6-13(17)7-3-11)16-12-4-8-14(18)9-5-12/h11-18H,1-9H2. The molecule has 2 fully saturated rings. The summed E-state index contributed by atoms with van der Waals surface area (Å²) in [7, 11) is 0. The van der Waals surface area contributed by atoms with Crippen LogP contribution in [0.2, 0.25) is 0 Å². The van der Waals surface area contributed by atoms with Crippen molar-refractivity contribution in [1.29, 1.82) is 0 Å². The van der Waals surface area contributed by atoms with Gasteiger partial charge in [-0.3, -0.25) is 0 Å². The van der Waals surface area contributed by atoms with Crippen molar-refractivity contribution in [1.82, 2.24) is 10.6 Å². The topological polar surface area (TPSA) is 64.5 Å². The van der Waals surface area contributed by atoms with Crippen molar-refractivity contribution < 1.29 is 10.2 Å². The monoisotopic (exact) mass is 254 g/mol. The van der Waals surface area contributed by atoms with Crippen molar-refractivity contribution >= 4 is 0 Å². The summed E-state index contributed by atoms with van der Waals surface area (Å²) in [5.41, 5.74) is 0. The predicted molar refractivity (Wildman–Crippen MR) is 71.9 cm³/mol. The highest BCUT2D eigenvalue weighted by atomic mass is 16.3. The lowest BCUT2D eigenvalue weighted by molar-refractivity contribution is 0.114. The van der Waals surface area contributed by atoms with Crippen LogP contribution in [0, 0.1) is 0 Å². The van der Waals surface area contributed by atoms with Crippen molar-refractivity contribution in [3.8, 4) is 0 Å². The minimum atomic E-state index is -0.107. The molecule has 0 atom stereocenters. The summed E-state index contributed by atoms with van der Waals surface area (Å²) in [5.74, 6) is 0.901. The average Bonchev–Trinajstić information content (AvgIpc) is 2.35. The van der Waals surface area contributed by atoms with Crippen LogP contribution in [0.1, 0.15) is 51.4 Å². The van der Waals surface area contributed by atoms with Gasteiger partial charge in [0.25, 0.3) is 0 Å². The van der Waals surface area contributed by atoms with E-state index in [9.17, 15) is 10.2 Å². The molecule has 4 nitrogen and oxygen atoms in total. The second-order valence-electron chi connectivity index (χ2n) is 5.78. The molecule has 0 aliphatic heterocycles. The second kappa shape index (κ2) is 6.43. The summed E-state index contributed by atoms with van der Waals surface area (Å²) in [5, 5.41) is 25.8. The molecule has 0 aromatic carbocycles. The largest absolute Gasteiger partial charge is 0.393 e. The van der Waals surface area contributed by atoms with Gasteiger partial charge in [0.2, 0.25) is 0 Å². The van der Waals surface area contributed by atoms with Crippen molar-refractivity contribution in [2.75, 3.05) is 0 Å². The van der Waals surface area contributed by atoms with Crippen LogP contribution in [0.15, 0.2) is 12.4 Å². The van der Waals surface area contributed by atoms with Gasteiger partial charge in [-0.15, -0.1) is 0 Å². The summed E-state index contributed by atoms with van der Waals surface area (Å²) in [4.78, 5) is 0. The third-order valence-electron chi connectivity index (χ3n) is 4.15. The molecule has 0 saturated heterocycles. The van der Waals surface area contributed by atoms with E-state index in [4.69, 9.17) is 0 Å². The Balaban J connectivity index is 1.66. The van der Waals surface area contributed by atoms with E-state index in [-0.39, 0.29) is 12.2 Å². The van der Waals surface area contributed by atoms with Crippen LogP contribution < -0.4 is 10.6 Å². The third kappa shape index (κ3) is 4.18. The van der Waals surface area contributed by atoms with E-state index in [1.54, 1.807) is 0 Å². The molecule has 0 aromatic heterocycles. The molecule has 0 radical (unpaired) electrons.